The minimum absolute atomic E-state index is 0. The van der Waals surface area contributed by atoms with E-state index in [-0.39, 0.29) is 18.4 Å². The minimum atomic E-state index is -0.251. The van der Waals surface area contributed by atoms with E-state index in [1.54, 1.807) is 12.1 Å². The monoisotopic (exact) mass is 270 g/mol. The Hall–Kier alpha value is -1.10. The van der Waals surface area contributed by atoms with Crippen molar-refractivity contribution >= 4 is 5.97 Å². The van der Waals surface area contributed by atoms with E-state index in [0.717, 1.165) is 32.8 Å². The maximum absolute atomic E-state index is 11.6. The fraction of sp³-hybridized carbons (Fsp3) is 0.462. The number of rotatable bonds is 4. The maximum Gasteiger partial charge on any atom is 0.338 e. The average molecular weight is 271 g/mol. The molecule has 0 radical (unpaired) electrons. The van der Waals surface area contributed by atoms with Gasteiger partial charge in [-0.15, -0.1) is 0 Å². The molecule has 0 N–H and O–H groups in total. The van der Waals surface area contributed by atoms with Gasteiger partial charge in [0.05, 0.1) is 18.8 Å². The molecule has 18 heavy (non-hydrogen) atoms. The summed E-state index contributed by atoms with van der Waals surface area (Å²) in [5.74, 6) is -0.251. The predicted molar refractivity (Wildman–Crippen MR) is 64.0 cm³/mol. The van der Waals surface area contributed by atoms with Crippen molar-refractivity contribution < 1.29 is 26.7 Å². The Balaban J connectivity index is 0.00000162. The van der Waals surface area contributed by atoms with Crippen molar-refractivity contribution in [3.63, 3.8) is 0 Å². The highest BCUT2D eigenvalue weighted by atomic mass is 35.5. The van der Waals surface area contributed by atoms with Crippen molar-refractivity contribution in [1.82, 2.24) is 4.90 Å². The lowest BCUT2D eigenvalue weighted by molar-refractivity contribution is -0.0000364. The molecule has 0 aliphatic carbocycles. The third-order valence-electron chi connectivity index (χ3n) is 2.75. The summed E-state index contributed by atoms with van der Waals surface area (Å²) in [6.07, 6.45) is 0. The van der Waals surface area contributed by atoms with Crippen LogP contribution in [-0.2, 0) is 9.47 Å². The van der Waals surface area contributed by atoms with Crippen molar-refractivity contribution in [2.75, 3.05) is 39.5 Å². The lowest BCUT2D eigenvalue weighted by Gasteiger charge is -2.26. The average Bonchev–Trinajstić information content (AvgIpc) is 2.41. The van der Waals surface area contributed by atoms with Crippen LogP contribution in [0.2, 0.25) is 0 Å². The zero-order valence-electron chi connectivity index (χ0n) is 10.2. The van der Waals surface area contributed by atoms with Crippen molar-refractivity contribution in [2.24, 2.45) is 0 Å². The molecule has 1 aliphatic rings. The molecule has 4 nitrogen and oxygen atoms in total. The number of esters is 1. The van der Waals surface area contributed by atoms with Crippen LogP contribution in [0, 0.1) is 0 Å². The summed E-state index contributed by atoms with van der Waals surface area (Å²) in [6, 6.07) is 9.07. The van der Waals surface area contributed by atoms with Crippen molar-refractivity contribution in [3.8, 4) is 0 Å². The number of benzene rings is 1. The summed E-state index contributed by atoms with van der Waals surface area (Å²) in [7, 11) is 0. The number of carbonyl (C=O) groups excluding carboxylic acids is 1. The molecule has 0 saturated carbocycles. The molecule has 0 unspecified atom stereocenters. The summed E-state index contributed by atoms with van der Waals surface area (Å²) in [6.45, 7) is 4.60. The van der Waals surface area contributed by atoms with E-state index < -0.39 is 0 Å². The van der Waals surface area contributed by atoms with Crippen LogP contribution >= 0.6 is 0 Å². The molecule has 0 bridgehead atoms. The zero-order valence-corrected chi connectivity index (χ0v) is 10.9. The standard InChI is InChI=1S/C13H17NO3.ClH/c15-13(12-4-2-1-3-5-12)17-11-8-14-6-9-16-10-7-14;/h1-5H,6-11H2;1H/p-1. The number of nitrogens with zero attached hydrogens (tertiary/aromatic N) is 1. The Labute approximate surface area is 113 Å². The van der Waals surface area contributed by atoms with Gasteiger partial charge in [0.1, 0.15) is 6.61 Å². The Bertz CT molecular complexity index is 353. The second kappa shape index (κ2) is 8.08. The summed E-state index contributed by atoms with van der Waals surface area (Å²) < 4.78 is 10.5. The van der Waals surface area contributed by atoms with E-state index in [2.05, 4.69) is 4.90 Å². The van der Waals surface area contributed by atoms with Crippen LogP contribution in [-0.4, -0.2) is 50.3 Å². The van der Waals surface area contributed by atoms with Crippen molar-refractivity contribution in [2.45, 2.75) is 0 Å². The second-order valence-electron chi connectivity index (χ2n) is 3.96. The number of ether oxygens (including phenoxy) is 2. The van der Waals surface area contributed by atoms with Crippen LogP contribution in [0.25, 0.3) is 0 Å². The van der Waals surface area contributed by atoms with Crippen LogP contribution in [0.5, 0.6) is 0 Å². The quantitative estimate of drug-likeness (QED) is 0.604. The van der Waals surface area contributed by atoms with Gasteiger partial charge in [0.2, 0.25) is 0 Å². The zero-order chi connectivity index (χ0) is 11.9. The summed E-state index contributed by atoms with van der Waals surface area (Å²) >= 11 is 0. The molecule has 1 aliphatic heterocycles. The molecule has 0 amide bonds. The number of carbonyl (C=O) groups is 1. The fourth-order valence-corrected chi connectivity index (χ4v) is 1.75. The van der Waals surface area contributed by atoms with Gasteiger partial charge < -0.3 is 21.9 Å². The molecule has 0 spiro atoms. The number of hydrogen-bond donors (Lipinski definition) is 0. The Morgan fingerprint density at radius 3 is 2.56 bits per heavy atom. The van der Waals surface area contributed by atoms with Crippen LogP contribution in [0.3, 0.4) is 0 Å². The van der Waals surface area contributed by atoms with Crippen LogP contribution < -0.4 is 12.4 Å². The Kier molecular flexibility index (Phi) is 6.72. The van der Waals surface area contributed by atoms with E-state index in [9.17, 15) is 4.79 Å². The van der Waals surface area contributed by atoms with Crippen LogP contribution in [0.1, 0.15) is 10.4 Å². The number of halogens is 1. The van der Waals surface area contributed by atoms with Gasteiger partial charge in [-0.05, 0) is 12.1 Å². The van der Waals surface area contributed by atoms with Gasteiger partial charge in [-0.3, -0.25) is 4.90 Å². The van der Waals surface area contributed by atoms with E-state index in [1.807, 2.05) is 18.2 Å². The van der Waals surface area contributed by atoms with Gasteiger partial charge in [0.25, 0.3) is 0 Å². The molecule has 1 saturated heterocycles. The molecule has 1 aromatic carbocycles. The molecule has 5 heteroatoms. The normalized spacial score (nSPS) is 15.8. The molecule has 1 heterocycles. The highest BCUT2D eigenvalue weighted by Crippen LogP contribution is 2.02. The molecule has 0 aromatic heterocycles. The molecule has 1 aromatic rings. The number of hydrogen-bond acceptors (Lipinski definition) is 4. The van der Waals surface area contributed by atoms with Gasteiger partial charge in [-0.2, -0.15) is 0 Å². The topological polar surface area (TPSA) is 38.8 Å². The number of morpholine rings is 1. The van der Waals surface area contributed by atoms with Gasteiger partial charge in [0.15, 0.2) is 0 Å². The van der Waals surface area contributed by atoms with Crippen molar-refractivity contribution in [1.29, 1.82) is 0 Å². The highest BCUT2D eigenvalue weighted by molar-refractivity contribution is 5.89. The largest absolute Gasteiger partial charge is 1.00 e. The third kappa shape index (κ3) is 4.64. The predicted octanol–water partition coefficient (Wildman–Crippen LogP) is -1.82. The van der Waals surface area contributed by atoms with Gasteiger partial charge in [0, 0.05) is 19.6 Å². The smallest absolute Gasteiger partial charge is 0.338 e. The van der Waals surface area contributed by atoms with E-state index >= 15 is 0 Å². The SMILES string of the molecule is O=C(OCCN1CCOCC1)c1ccccc1.[Cl-]. The molecular weight excluding hydrogens is 254 g/mol. The first kappa shape index (κ1) is 15.0. The lowest BCUT2D eigenvalue weighted by atomic mass is 10.2. The first-order valence-electron chi connectivity index (χ1n) is 5.88. The second-order valence-corrected chi connectivity index (χ2v) is 3.96. The molecule has 2 rings (SSSR count). The van der Waals surface area contributed by atoms with Gasteiger partial charge in [-0.25, -0.2) is 4.79 Å². The molecular formula is C13H17ClNO3-. The minimum Gasteiger partial charge on any atom is -1.00 e. The Morgan fingerprint density at radius 2 is 1.89 bits per heavy atom. The first-order chi connectivity index (χ1) is 8.36. The Morgan fingerprint density at radius 1 is 1.22 bits per heavy atom. The third-order valence-corrected chi connectivity index (χ3v) is 2.75. The first-order valence-corrected chi connectivity index (χ1v) is 5.88. The van der Waals surface area contributed by atoms with E-state index in [4.69, 9.17) is 9.47 Å². The summed E-state index contributed by atoms with van der Waals surface area (Å²) in [5, 5.41) is 0. The molecule has 100 valence electrons. The lowest BCUT2D eigenvalue weighted by Crippen LogP contribution is -3.00. The van der Waals surface area contributed by atoms with Crippen molar-refractivity contribution in [3.05, 3.63) is 35.9 Å². The maximum atomic E-state index is 11.6. The van der Waals surface area contributed by atoms with Crippen LogP contribution in [0.15, 0.2) is 30.3 Å². The van der Waals surface area contributed by atoms with Gasteiger partial charge >= 0.3 is 5.97 Å². The highest BCUT2D eigenvalue weighted by Gasteiger charge is 2.11. The summed E-state index contributed by atoms with van der Waals surface area (Å²) in [4.78, 5) is 13.9. The fourth-order valence-electron chi connectivity index (χ4n) is 1.75. The molecule has 0 atom stereocenters. The van der Waals surface area contributed by atoms with Gasteiger partial charge in [-0.1, -0.05) is 18.2 Å². The molecule has 1 fully saturated rings. The van der Waals surface area contributed by atoms with Crippen LogP contribution in [0.4, 0.5) is 0 Å². The van der Waals surface area contributed by atoms with E-state index in [1.165, 1.54) is 0 Å². The summed E-state index contributed by atoms with van der Waals surface area (Å²) in [5.41, 5.74) is 0.606. The van der Waals surface area contributed by atoms with E-state index in [0.29, 0.717) is 12.2 Å².